The smallest absolute Gasteiger partial charge is 0.370 e. The molecule has 0 spiro atoms. The van der Waals surface area contributed by atoms with Gasteiger partial charge < -0.3 is 11.5 Å². The Bertz CT molecular complexity index is 1700. The number of ether oxygens (including phenoxy) is 1. The van der Waals surface area contributed by atoms with Crippen molar-refractivity contribution < 1.29 is 44.3 Å². The summed E-state index contributed by atoms with van der Waals surface area (Å²) in [5.41, 5.74) is 10.4. The summed E-state index contributed by atoms with van der Waals surface area (Å²) < 4.78 is 103. The first kappa shape index (κ1) is 32.0. The summed E-state index contributed by atoms with van der Waals surface area (Å²) in [5, 5.41) is 0. The molecule has 17 heteroatoms. The number of carbonyl (C=O) groups is 1. The van der Waals surface area contributed by atoms with Crippen molar-refractivity contribution in [1.82, 2.24) is 0 Å². The number of carbonyl (C=O) groups excluding carboxylic acids is 1. The van der Waals surface area contributed by atoms with Crippen LogP contribution in [-0.4, -0.2) is 58.3 Å². The summed E-state index contributed by atoms with van der Waals surface area (Å²) in [6.45, 7) is 1.37. The van der Waals surface area contributed by atoms with Gasteiger partial charge in [-0.1, -0.05) is 0 Å². The average molecular weight is 719 g/mol. The summed E-state index contributed by atoms with van der Waals surface area (Å²) in [4.78, 5) is 15.5. The third-order valence-electron chi connectivity index (χ3n) is 5.19. The van der Waals surface area contributed by atoms with Gasteiger partial charge in [-0.2, -0.15) is 4.99 Å². The number of benzene rings is 3. The molecule has 0 saturated heterocycles. The van der Waals surface area contributed by atoms with E-state index in [9.17, 15) is 39.5 Å². The van der Waals surface area contributed by atoms with E-state index in [1.54, 1.807) is 12.1 Å². The van der Waals surface area contributed by atoms with Crippen LogP contribution in [0.2, 0.25) is 4.87 Å². The molecule has 0 aromatic heterocycles. The van der Waals surface area contributed by atoms with Crippen LogP contribution in [0.25, 0.3) is 6.08 Å². The van der Waals surface area contributed by atoms with Crippen LogP contribution in [0.15, 0.2) is 75.0 Å². The molecule has 3 rings (SSSR count). The Morgan fingerprint density at radius 2 is 1.46 bits per heavy atom. The average Bonchev–Trinajstić information content (AvgIpc) is 2.85. The third-order valence-corrected chi connectivity index (χ3v) is 11.6. The quantitative estimate of drug-likeness (QED) is 0.0713. The second-order valence-electron chi connectivity index (χ2n) is 8.39. The van der Waals surface area contributed by atoms with Gasteiger partial charge in [-0.3, -0.25) is 4.79 Å². The zero-order valence-corrected chi connectivity index (χ0v) is 25.4. The molecule has 0 aliphatic carbocycles. The zero-order valence-electron chi connectivity index (χ0n) is 21.2. The fourth-order valence-corrected chi connectivity index (χ4v) is 8.05. The van der Waals surface area contributed by atoms with Gasteiger partial charge >= 0.3 is 215 Å². The van der Waals surface area contributed by atoms with Gasteiger partial charge in [-0.15, -0.1) is 0 Å². The Morgan fingerprint density at radius 3 is 1.93 bits per heavy atom. The van der Waals surface area contributed by atoms with Crippen LogP contribution in [0.5, 0.6) is 11.5 Å². The second-order valence-corrected chi connectivity index (χ2v) is 16.5. The molecule has 0 aliphatic heterocycles. The summed E-state index contributed by atoms with van der Waals surface area (Å²) in [6.07, 6.45) is 1.20. The number of rotatable bonds is 9. The zero-order chi connectivity index (χ0) is 30.7. The maximum atomic E-state index is 14.7. The first-order valence-corrected chi connectivity index (χ1v) is 19.1. The van der Waals surface area contributed by atoms with E-state index in [2.05, 4.69) is 8.47 Å². The molecule has 0 heterocycles. The minimum atomic E-state index is -4.77. The van der Waals surface area contributed by atoms with E-state index in [-0.39, 0.29) is 22.6 Å². The van der Waals surface area contributed by atoms with Crippen LogP contribution in [0.3, 0.4) is 0 Å². The Kier molecular flexibility index (Phi) is 9.77. The predicted octanol–water partition coefficient (Wildman–Crippen LogP) is 2.39. The predicted molar refractivity (Wildman–Crippen MR) is 148 cm³/mol. The van der Waals surface area contributed by atoms with E-state index in [0.29, 0.717) is 6.07 Å². The van der Waals surface area contributed by atoms with Crippen molar-refractivity contribution in [2.24, 2.45) is 16.5 Å². The fraction of sp³-hybridized carbons (Fsp3) is 0.0833. The van der Waals surface area contributed by atoms with Crippen LogP contribution in [-0.2, 0) is 25.0 Å². The molecule has 0 radical (unpaired) electrons. The van der Waals surface area contributed by atoms with E-state index in [1.165, 1.54) is 25.1 Å². The minimum absolute atomic E-state index is 0.0300. The van der Waals surface area contributed by atoms with Gasteiger partial charge in [0.25, 0.3) is 0 Å². The number of nitrogens with one attached hydrogen (secondary N) is 1. The molecule has 0 atom stereocenters. The van der Waals surface area contributed by atoms with Gasteiger partial charge in [0.1, 0.15) is 0 Å². The molecule has 0 fully saturated rings. The van der Waals surface area contributed by atoms with Crippen LogP contribution >= 0.6 is 0 Å². The monoisotopic (exact) mass is 718 g/mol. The maximum absolute atomic E-state index is 14.7. The number of nitrogens with two attached hydrogens (primary N) is 2. The molecule has 0 aliphatic rings. The van der Waals surface area contributed by atoms with Gasteiger partial charge in [0.2, 0.25) is 0 Å². The van der Waals surface area contributed by atoms with E-state index < -0.39 is 79.8 Å². The van der Waals surface area contributed by atoms with Crippen molar-refractivity contribution in [3.63, 3.8) is 0 Å². The van der Waals surface area contributed by atoms with E-state index >= 15 is 0 Å². The Morgan fingerprint density at radius 1 is 0.951 bits per heavy atom. The van der Waals surface area contributed by atoms with Crippen LogP contribution in [0.1, 0.15) is 12.5 Å². The number of amides is 1. The number of hydrogen-bond acceptors (Lipinski definition) is 7. The number of hydrogen-bond donors (Lipinski definition) is 5. The van der Waals surface area contributed by atoms with Crippen molar-refractivity contribution in [2.75, 3.05) is 3.48 Å². The van der Waals surface area contributed by atoms with Gasteiger partial charge in [-0.05, 0) is 0 Å². The summed E-state index contributed by atoms with van der Waals surface area (Å²) >= 11 is -2.67. The van der Waals surface area contributed by atoms with Crippen molar-refractivity contribution >= 4 is 67.9 Å². The molecule has 3 aromatic carbocycles. The van der Waals surface area contributed by atoms with Gasteiger partial charge in [0, 0.05) is 0 Å². The molecule has 1 amide bonds. The molecule has 3 aromatic rings. The molecule has 41 heavy (non-hydrogen) atoms. The number of aliphatic imine (C=N–C) groups is 1. The van der Waals surface area contributed by atoms with Gasteiger partial charge in [0.05, 0.1) is 0 Å². The molecular weight excluding hydrogens is 696 g/mol. The first-order valence-electron chi connectivity index (χ1n) is 11.1. The van der Waals surface area contributed by atoms with E-state index in [0.717, 1.165) is 27.8 Å². The van der Waals surface area contributed by atoms with Crippen molar-refractivity contribution in [3.05, 3.63) is 77.4 Å². The Balaban J connectivity index is 1.80. The molecule has 0 bridgehead atoms. The van der Waals surface area contributed by atoms with Crippen LogP contribution in [0, 0.1) is 11.6 Å². The standard InChI is InChI=1S/C17H14F2N3O2.C6H6NO6S2.CH3.Sb/c1-10(16(23)22-17(20)21)7-11-8-13(18)15(14(19)9-11)24-12-5-3-2-4-6-12;7-4-1-5(14(8,9)10)3-6(2-4)15(11,12)13;;/h3-9H,1H3,(H4,20,21,22,23);1-3,7H,(H,8,9,10)(H,11,12,13);1H3;/q;-1;;+1/b10-7+;;;. The number of halogens is 2. The molecule has 218 valence electrons. The van der Waals surface area contributed by atoms with E-state index in [1.807, 2.05) is 4.87 Å². The summed E-state index contributed by atoms with van der Waals surface area (Å²) in [6, 6.07) is 10.7. The van der Waals surface area contributed by atoms with E-state index in [4.69, 9.17) is 16.2 Å². The SMILES string of the molecule is C/C(=C\c1cc(F)c(Oc2cc[c]([Sb]([CH3])[NH]c3cc(S(=O)(=O)O)cc(S(=O)(=O)O)c3)cc2)c(F)c1)C(=O)N=C(N)N. The number of guanidine groups is 1. The van der Waals surface area contributed by atoms with Crippen molar-refractivity contribution in [3.8, 4) is 11.5 Å². The van der Waals surface area contributed by atoms with Crippen molar-refractivity contribution in [2.45, 2.75) is 21.6 Å². The fourth-order valence-electron chi connectivity index (χ4n) is 3.33. The van der Waals surface area contributed by atoms with Crippen molar-refractivity contribution in [1.29, 1.82) is 0 Å². The molecular formula is C24H23F2N4O8S2Sb. The van der Waals surface area contributed by atoms with Crippen LogP contribution in [0.4, 0.5) is 14.5 Å². The molecule has 12 nitrogen and oxygen atoms in total. The topological polar surface area (TPSA) is 211 Å². The van der Waals surface area contributed by atoms with Crippen LogP contribution < -0.4 is 23.2 Å². The Hall–Kier alpha value is -3.56. The summed E-state index contributed by atoms with van der Waals surface area (Å²) in [7, 11) is -9.55. The molecule has 7 N–H and O–H groups in total. The number of nitrogens with zero attached hydrogens (tertiary/aromatic N) is 1. The second kappa shape index (κ2) is 12.5. The Labute approximate surface area is 241 Å². The first-order chi connectivity index (χ1) is 18.9. The minimum Gasteiger partial charge on any atom is -0.370 e. The normalized spacial score (nSPS) is 12.2. The third kappa shape index (κ3) is 8.71. The van der Waals surface area contributed by atoms with Gasteiger partial charge in [0.15, 0.2) is 5.96 Å². The summed E-state index contributed by atoms with van der Waals surface area (Å²) in [5.74, 6) is -3.91. The number of anilines is 1. The molecule has 0 unspecified atom stereocenters. The molecule has 0 saturated carbocycles. The van der Waals surface area contributed by atoms with Gasteiger partial charge in [-0.25, -0.2) is 0 Å².